The Hall–Kier alpha value is -3.09. The fraction of sp³-hybridized carbons (Fsp3) is 0.0455. The Balaban J connectivity index is 1.36. The monoisotopic (exact) mass is 422 g/mol. The summed E-state index contributed by atoms with van der Waals surface area (Å²) in [5.41, 5.74) is 7.88. The largest absolute Gasteiger partial charge is 0.289 e. The molecule has 0 saturated carbocycles. The zero-order valence-corrected chi connectivity index (χ0v) is 16.6. The first-order valence-corrected chi connectivity index (χ1v) is 10.1. The van der Waals surface area contributed by atoms with Crippen molar-refractivity contribution in [2.45, 2.75) is 4.90 Å². The molecule has 4 rings (SSSR count). The average Bonchev–Trinajstić information content (AvgIpc) is 3.03. The summed E-state index contributed by atoms with van der Waals surface area (Å²) in [6, 6.07) is 19.4. The molecule has 1 aliphatic carbocycles. The Morgan fingerprint density at radius 1 is 0.828 bits per heavy atom. The van der Waals surface area contributed by atoms with Gasteiger partial charge in [-0.1, -0.05) is 41.9 Å². The van der Waals surface area contributed by atoms with Crippen molar-refractivity contribution in [2.24, 2.45) is 0 Å². The molecule has 0 saturated heterocycles. The minimum absolute atomic E-state index is 0.103. The third-order valence-electron chi connectivity index (χ3n) is 4.49. The summed E-state index contributed by atoms with van der Waals surface area (Å²) < 4.78 is 0. The molecule has 1 aliphatic rings. The highest BCUT2D eigenvalue weighted by Crippen LogP contribution is 2.36. The molecule has 0 aromatic heterocycles. The van der Waals surface area contributed by atoms with E-state index < -0.39 is 5.91 Å². The fourth-order valence-electron chi connectivity index (χ4n) is 3.08. The summed E-state index contributed by atoms with van der Waals surface area (Å²) in [5.74, 6) is -0.794. The maximum Gasteiger partial charge on any atom is 0.269 e. The SMILES string of the molecule is O=C(CSc1ccc(Cl)cc1)NNC(=O)c1ccc2c(c1)C(=O)c1ccccc1-2. The molecule has 0 bridgehead atoms. The van der Waals surface area contributed by atoms with Crippen molar-refractivity contribution in [1.82, 2.24) is 10.9 Å². The van der Waals surface area contributed by atoms with Crippen LogP contribution in [0.25, 0.3) is 11.1 Å². The number of carbonyl (C=O) groups excluding carboxylic acids is 3. The minimum Gasteiger partial charge on any atom is -0.289 e. The molecule has 0 spiro atoms. The van der Waals surface area contributed by atoms with Gasteiger partial charge in [0.25, 0.3) is 5.91 Å². The molecule has 0 heterocycles. The van der Waals surface area contributed by atoms with Gasteiger partial charge in [0, 0.05) is 26.6 Å². The van der Waals surface area contributed by atoms with Gasteiger partial charge < -0.3 is 0 Å². The number of halogens is 1. The van der Waals surface area contributed by atoms with Gasteiger partial charge in [-0.3, -0.25) is 25.2 Å². The predicted molar refractivity (Wildman–Crippen MR) is 113 cm³/mol. The first-order chi connectivity index (χ1) is 14.0. The van der Waals surface area contributed by atoms with Crippen LogP contribution >= 0.6 is 23.4 Å². The van der Waals surface area contributed by atoms with E-state index in [0.717, 1.165) is 16.0 Å². The van der Waals surface area contributed by atoms with Crippen molar-refractivity contribution in [1.29, 1.82) is 0 Å². The number of amides is 2. The lowest BCUT2D eigenvalue weighted by molar-refractivity contribution is -0.119. The van der Waals surface area contributed by atoms with E-state index in [1.54, 1.807) is 36.4 Å². The van der Waals surface area contributed by atoms with E-state index in [-0.39, 0.29) is 17.4 Å². The third-order valence-corrected chi connectivity index (χ3v) is 5.75. The highest BCUT2D eigenvalue weighted by atomic mass is 35.5. The van der Waals surface area contributed by atoms with Crippen LogP contribution in [-0.4, -0.2) is 23.4 Å². The summed E-state index contributed by atoms with van der Waals surface area (Å²) in [5, 5.41) is 0.627. The minimum atomic E-state index is -0.485. The summed E-state index contributed by atoms with van der Waals surface area (Å²) in [7, 11) is 0. The van der Waals surface area contributed by atoms with Crippen LogP contribution in [0.5, 0.6) is 0 Å². The van der Waals surface area contributed by atoms with Crippen molar-refractivity contribution < 1.29 is 14.4 Å². The zero-order valence-electron chi connectivity index (χ0n) is 15.1. The van der Waals surface area contributed by atoms with Gasteiger partial charge >= 0.3 is 0 Å². The molecule has 3 aromatic rings. The topological polar surface area (TPSA) is 75.3 Å². The molecule has 5 nitrogen and oxygen atoms in total. The van der Waals surface area contributed by atoms with Gasteiger partial charge in [0.05, 0.1) is 5.75 Å². The molecule has 0 atom stereocenters. The van der Waals surface area contributed by atoms with Crippen LogP contribution in [-0.2, 0) is 4.79 Å². The van der Waals surface area contributed by atoms with Crippen molar-refractivity contribution >= 4 is 41.0 Å². The number of hydrazine groups is 1. The lowest BCUT2D eigenvalue weighted by Gasteiger charge is -2.08. The second-order valence-corrected chi connectivity index (χ2v) is 7.87. The number of hydrogen-bond acceptors (Lipinski definition) is 4. The molecular formula is C22H15ClN2O3S. The maximum absolute atomic E-state index is 12.6. The molecule has 2 N–H and O–H groups in total. The molecular weight excluding hydrogens is 408 g/mol. The third kappa shape index (κ3) is 4.04. The van der Waals surface area contributed by atoms with E-state index in [0.29, 0.717) is 21.7 Å². The van der Waals surface area contributed by atoms with E-state index in [2.05, 4.69) is 10.9 Å². The standard InChI is InChI=1S/C22H15ClN2O3S/c23-14-6-8-15(9-7-14)29-12-20(26)24-25-22(28)13-5-10-17-16-3-1-2-4-18(16)21(27)19(17)11-13/h1-11H,12H2,(H,24,26)(H,25,28). The van der Waals surface area contributed by atoms with E-state index in [1.165, 1.54) is 11.8 Å². The van der Waals surface area contributed by atoms with Crippen LogP contribution < -0.4 is 10.9 Å². The summed E-state index contributed by atoms with van der Waals surface area (Å²) in [4.78, 5) is 37.8. The molecule has 0 fully saturated rings. The molecule has 144 valence electrons. The average molecular weight is 423 g/mol. The second kappa shape index (κ2) is 8.11. The summed E-state index contributed by atoms with van der Waals surface area (Å²) in [6.07, 6.45) is 0. The van der Waals surface area contributed by atoms with Gasteiger partial charge in [-0.25, -0.2) is 0 Å². The smallest absolute Gasteiger partial charge is 0.269 e. The highest BCUT2D eigenvalue weighted by Gasteiger charge is 2.27. The van der Waals surface area contributed by atoms with E-state index in [9.17, 15) is 14.4 Å². The Kier molecular flexibility index (Phi) is 5.38. The van der Waals surface area contributed by atoms with Gasteiger partial charge in [-0.15, -0.1) is 11.8 Å². The van der Waals surface area contributed by atoms with Crippen LogP contribution in [0.1, 0.15) is 26.3 Å². The van der Waals surface area contributed by atoms with Crippen molar-refractivity contribution in [3.63, 3.8) is 0 Å². The van der Waals surface area contributed by atoms with Crippen LogP contribution in [0.4, 0.5) is 0 Å². The Morgan fingerprint density at radius 2 is 1.52 bits per heavy atom. The molecule has 7 heteroatoms. The number of rotatable bonds is 4. The number of thioether (sulfide) groups is 1. The molecule has 0 radical (unpaired) electrons. The predicted octanol–water partition coefficient (Wildman–Crippen LogP) is 4.10. The Labute approximate surface area is 176 Å². The van der Waals surface area contributed by atoms with Gasteiger partial charge in [0.1, 0.15) is 0 Å². The van der Waals surface area contributed by atoms with Gasteiger partial charge in [-0.05, 0) is 47.5 Å². The van der Waals surface area contributed by atoms with Crippen molar-refractivity contribution in [3.8, 4) is 11.1 Å². The molecule has 29 heavy (non-hydrogen) atoms. The van der Waals surface area contributed by atoms with E-state index >= 15 is 0 Å². The maximum atomic E-state index is 12.6. The number of ketones is 1. The van der Waals surface area contributed by atoms with Crippen LogP contribution in [0, 0.1) is 0 Å². The number of fused-ring (bicyclic) bond motifs is 3. The number of carbonyl (C=O) groups is 3. The number of hydrogen-bond donors (Lipinski definition) is 2. The Morgan fingerprint density at radius 3 is 2.28 bits per heavy atom. The Bertz CT molecular complexity index is 1130. The van der Waals surface area contributed by atoms with Crippen LogP contribution in [0.3, 0.4) is 0 Å². The molecule has 0 aliphatic heterocycles. The zero-order chi connectivity index (χ0) is 20.4. The van der Waals surface area contributed by atoms with E-state index in [4.69, 9.17) is 11.6 Å². The molecule has 3 aromatic carbocycles. The lowest BCUT2D eigenvalue weighted by atomic mass is 10.0. The van der Waals surface area contributed by atoms with Crippen LogP contribution in [0.2, 0.25) is 5.02 Å². The van der Waals surface area contributed by atoms with Gasteiger partial charge in [0.2, 0.25) is 5.91 Å². The van der Waals surface area contributed by atoms with Crippen molar-refractivity contribution in [2.75, 3.05) is 5.75 Å². The molecule has 2 amide bonds. The first-order valence-electron chi connectivity index (χ1n) is 8.78. The van der Waals surface area contributed by atoms with Crippen molar-refractivity contribution in [3.05, 3.63) is 88.4 Å². The second-order valence-electron chi connectivity index (χ2n) is 6.38. The quantitative estimate of drug-likeness (QED) is 0.383. The number of nitrogens with one attached hydrogen (secondary N) is 2. The number of benzene rings is 3. The molecule has 0 unspecified atom stereocenters. The van der Waals surface area contributed by atoms with Gasteiger partial charge in [0.15, 0.2) is 5.78 Å². The summed E-state index contributed by atoms with van der Waals surface area (Å²) >= 11 is 7.16. The van der Waals surface area contributed by atoms with Crippen LogP contribution in [0.15, 0.2) is 71.6 Å². The fourth-order valence-corrected chi connectivity index (χ4v) is 3.91. The normalized spacial score (nSPS) is 11.6. The highest BCUT2D eigenvalue weighted by molar-refractivity contribution is 8.00. The lowest BCUT2D eigenvalue weighted by Crippen LogP contribution is -2.42. The van der Waals surface area contributed by atoms with E-state index in [1.807, 2.05) is 30.3 Å². The first kappa shape index (κ1) is 19.2. The summed E-state index contributed by atoms with van der Waals surface area (Å²) in [6.45, 7) is 0. The van der Waals surface area contributed by atoms with Gasteiger partial charge in [-0.2, -0.15) is 0 Å².